The number of anilines is 1. The summed E-state index contributed by atoms with van der Waals surface area (Å²) in [6, 6.07) is 7.72. The molecule has 0 aliphatic carbocycles. The highest BCUT2D eigenvalue weighted by atomic mass is 19.3. The van der Waals surface area contributed by atoms with Gasteiger partial charge in [-0.2, -0.15) is 0 Å². The number of carbonyl (C=O) groups excluding carboxylic acids is 2. The zero-order valence-corrected chi connectivity index (χ0v) is 29.9. The fourth-order valence-electron chi connectivity index (χ4n) is 7.80. The van der Waals surface area contributed by atoms with Crippen LogP contribution in [0.15, 0.2) is 41.3 Å². The van der Waals surface area contributed by atoms with Crippen LogP contribution in [0.1, 0.15) is 41.5 Å². The van der Waals surface area contributed by atoms with E-state index in [0.29, 0.717) is 79.4 Å². The number of carbonyl (C=O) groups is 2. The van der Waals surface area contributed by atoms with Crippen molar-refractivity contribution in [3.05, 3.63) is 75.0 Å². The van der Waals surface area contributed by atoms with Gasteiger partial charge in [-0.15, -0.1) is 0 Å². The van der Waals surface area contributed by atoms with Crippen LogP contribution in [0.3, 0.4) is 0 Å². The Morgan fingerprint density at radius 1 is 0.922 bits per heavy atom. The molecule has 3 aliphatic rings. The SMILES string of the molecule is COc1cc(-c2cn(C)c(=O)c(C)c2C)cc(OC)c1CN1CC[C@@H](N2CCN(c3ccc(C[C@H]4CCC(=O)NC4=O)cc3F)CC2)C(F)(F)C1. The lowest BCUT2D eigenvalue weighted by Gasteiger charge is -2.46. The summed E-state index contributed by atoms with van der Waals surface area (Å²) in [5.41, 5.74) is 4.86. The number of nitrogens with zero attached hydrogens (tertiary/aromatic N) is 4. The van der Waals surface area contributed by atoms with E-state index in [1.807, 2.05) is 28.9 Å². The van der Waals surface area contributed by atoms with E-state index in [0.717, 1.165) is 16.7 Å². The molecule has 3 aliphatic heterocycles. The maximum absolute atomic E-state index is 15.9. The molecule has 0 bridgehead atoms. The summed E-state index contributed by atoms with van der Waals surface area (Å²) in [7, 11) is 4.80. The first-order chi connectivity index (χ1) is 24.3. The van der Waals surface area contributed by atoms with E-state index >= 15 is 13.2 Å². The number of piperazine rings is 1. The molecule has 274 valence electrons. The number of halogens is 3. The first kappa shape index (κ1) is 36.4. The summed E-state index contributed by atoms with van der Waals surface area (Å²) in [6.45, 7) is 5.52. The summed E-state index contributed by atoms with van der Waals surface area (Å²) in [4.78, 5) is 41.5. The second-order valence-corrected chi connectivity index (χ2v) is 14.0. The van der Waals surface area contributed by atoms with Crippen LogP contribution in [0.4, 0.5) is 18.9 Å². The molecule has 0 spiro atoms. The molecule has 2 amide bonds. The van der Waals surface area contributed by atoms with E-state index in [1.54, 1.807) is 56.0 Å². The number of alkyl halides is 2. The number of hydrogen-bond donors (Lipinski definition) is 1. The molecule has 10 nitrogen and oxygen atoms in total. The Bertz CT molecular complexity index is 1850. The van der Waals surface area contributed by atoms with Crippen molar-refractivity contribution in [2.24, 2.45) is 13.0 Å². The minimum absolute atomic E-state index is 0.0676. The molecule has 3 aromatic rings. The minimum atomic E-state index is -2.98. The second-order valence-electron chi connectivity index (χ2n) is 14.0. The average Bonchev–Trinajstić information content (AvgIpc) is 3.10. The fraction of sp³-hybridized carbons (Fsp3) is 0.500. The number of pyridine rings is 1. The van der Waals surface area contributed by atoms with Gasteiger partial charge >= 0.3 is 0 Å². The number of hydrogen-bond acceptors (Lipinski definition) is 8. The van der Waals surface area contributed by atoms with E-state index in [-0.39, 0.29) is 42.7 Å². The predicted octanol–water partition coefficient (Wildman–Crippen LogP) is 4.45. The van der Waals surface area contributed by atoms with E-state index in [1.165, 1.54) is 6.07 Å². The number of benzene rings is 2. The Hall–Kier alpha value is -4.36. The number of imide groups is 1. The van der Waals surface area contributed by atoms with Gasteiger partial charge in [0.25, 0.3) is 11.5 Å². The predicted molar refractivity (Wildman–Crippen MR) is 188 cm³/mol. The number of aromatic nitrogens is 1. The number of methoxy groups -OCH3 is 2. The third-order valence-electron chi connectivity index (χ3n) is 10.8. The first-order valence-corrected chi connectivity index (χ1v) is 17.4. The molecule has 51 heavy (non-hydrogen) atoms. The van der Waals surface area contributed by atoms with Crippen molar-refractivity contribution in [1.82, 2.24) is 19.7 Å². The van der Waals surface area contributed by atoms with Crippen LogP contribution < -0.4 is 25.2 Å². The summed E-state index contributed by atoms with van der Waals surface area (Å²) in [5.74, 6) is -3.33. The van der Waals surface area contributed by atoms with Gasteiger partial charge < -0.3 is 18.9 Å². The largest absolute Gasteiger partial charge is 0.496 e. The van der Waals surface area contributed by atoms with Crippen LogP contribution in [-0.4, -0.2) is 91.6 Å². The zero-order chi connectivity index (χ0) is 36.6. The molecule has 2 aromatic carbocycles. The van der Waals surface area contributed by atoms with Crippen LogP contribution in [0.2, 0.25) is 0 Å². The molecular formula is C38H46F3N5O5. The lowest BCUT2D eigenvalue weighted by atomic mass is 9.91. The van der Waals surface area contributed by atoms with Gasteiger partial charge in [-0.1, -0.05) is 6.07 Å². The van der Waals surface area contributed by atoms with Crippen LogP contribution in [-0.2, 0) is 29.6 Å². The Morgan fingerprint density at radius 2 is 1.61 bits per heavy atom. The van der Waals surface area contributed by atoms with Crippen molar-refractivity contribution in [3.63, 3.8) is 0 Å². The average molecular weight is 710 g/mol. The minimum Gasteiger partial charge on any atom is -0.496 e. The quantitative estimate of drug-likeness (QED) is 0.326. The lowest BCUT2D eigenvalue weighted by molar-refractivity contribution is -0.136. The van der Waals surface area contributed by atoms with Gasteiger partial charge in [0.2, 0.25) is 11.8 Å². The number of aryl methyl sites for hydroxylation is 1. The number of piperidine rings is 2. The molecular weight excluding hydrogens is 663 g/mol. The summed E-state index contributed by atoms with van der Waals surface area (Å²) in [5, 5.41) is 2.34. The molecule has 1 N–H and O–H groups in total. The normalized spacial score (nSPS) is 21.5. The van der Waals surface area contributed by atoms with E-state index in [2.05, 4.69) is 5.32 Å². The van der Waals surface area contributed by atoms with Crippen molar-refractivity contribution < 1.29 is 32.2 Å². The highest BCUT2D eigenvalue weighted by Crippen LogP contribution is 2.39. The molecule has 13 heteroatoms. The second kappa shape index (κ2) is 14.7. The smallest absolute Gasteiger partial charge is 0.275 e. The van der Waals surface area contributed by atoms with Crippen LogP contribution in [0, 0.1) is 25.6 Å². The summed E-state index contributed by atoms with van der Waals surface area (Å²) >= 11 is 0. The molecule has 0 unspecified atom stereocenters. The first-order valence-electron chi connectivity index (χ1n) is 17.4. The van der Waals surface area contributed by atoms with Gasteiger partial charge in [-0.25, -0.2) is 13.2 Å². The third kappa shape index (κ3) is 7.50. The van der Waals surface area contributed by atoms with Crippen molar-refractivity contribution in [2.45, 2.75) is 58.0 Å². The molecule has 0 saturated carbocycles. The van der Waals surface area contributed by atoms with Gasteiger partial charge in [0.15, 0.2) is 0 Å². The number of nitrogens with one attached hydrogen (secondary N) is 1. The molecule has 2 atom stereocenters. The number of likely N-dealkylation sites (tertiary alicyclic amines) is 1. The third-order valence-corrected chi connectivity index (χ3v) is 10.8. The number of ether oxygens (including phenoxy) is 2. The summed E-state index contributed by atoms with van der Waals surface area (Å²) in [6.07, 6.45) is 3.11. The molecule has 6 rings (SSSR count). The van der Waals surface area contributed by atoms with Crippen LogP contribution >= 0.6 is 0 Å². The maximum atomic E-state index is 15.9. The standard InChI is InChI=1S/C38H46F3N5O5/c1-23-24(2)37(49)43(3)20-28(23)27-18-32(50-4)29(33(19-27)51-5)21-44-11-10-34(38(40,41)22-44)46-14-12-45(13-15-46)31-8-6-25(17-30(31)39)16-26-7-9-35(47)42-36(26)48/h6,8,17-20,26,34H,7,9-16,21-22H2,1-5H3,(H,42,47,48)/t26-,34-/m1/s1. The van der Waals surface area contributed by atoms with Crippen molar-refractivity contribution >= 4 is 17.5 Å². The molecule has 3 saturated heterocycles. The highest BCUT2D eigenvalue weighted by Gasteiger charge is 2.48. The van der Waals surface area contributed by atoms with Crippen molar-refractivity contribution in [2.75, 3.05) is 58.4 Å². The number of rotatable bonds is 9. The van der Waals surface area contributed by atoms with Crippen molar-refractivity contribution in [3.8, 4) is 22.6 Å². The van der Waals surface area contributed by atoms with Gasteiger partial charge in [0, 0.05) is 76.0 Å². The Labute approximate surface area is 296 Å². The van der Waals surface area contributed by atoms with Gasteiger partial charge in [0.05, 0.1) is 38.1 Å². The van der Waals surface area contributed by atoms with Gasteiger partial charge in [0.1, 0.15) is 17.3 Å². The monoisotopic (exact) mass is 709 g/mol. The Balaban J connectivity index is 1.09. The fourth-order valence-corrected chi connectivity index (χ4v) is 7.80. The van der Waals surface area contributed by atoms with Crippen molar-refractivity contribution in [1.29, 1.82) is 0 Å². The molecule has 1 aromatic heterocycles. The Morgan fingerprint density at radius 3 is 2.22 bits per heavy atom. The zero-order valence-electron chi connectivity index (χ0n) is 29.9. The van der Waals surface area contributed by atoms with Crippen LogP contribution in [0.5, 0.6) is 11.5 Å². The van der Waals surface area contributed by atoms with E-state index < -0.39 is 24.3 Å². The summed E-state index contributed by atoms with van der Waals surface area (Å²) < 4.78 is 60.1. The number of amides is 2. The highest BCUT2D eigenvalue weighted by molar-refractivity contribution is 5.98. The van der Waals surface area contributed by atoms with Crippen LogP contribution in [0.25, 0.3) is 11.1 Å². The maximum Gasteiger partial charge on any atom is 0.275 e. The molecule has 4 heterocycles. The van der Waals surface area contributed by atoms with E-state index in [9.17, 15) is 14.4 Å². The van der Waals surface area contributed by atoms with E-state index in [4.69, 9.17) is 9.47 Å². The molecule has 3 fully saturated rings. The van der Waals surface area contributed by atoms with Gasteiger partial charge in [-0.3, -0.25) is 29.5 Å². The van der Waals surface area contributed by atoms with Gasteiger partial charge in [-0.05, 0) is 74.1 Å². The molecule has 0 radical (unpaired) electrons. The topological polar surface area (TPSA) is 96.3 Å². The Kier molecular flexibility index (Phi) is 10.5. The lowest BCUT2D eigenvalue weighted by Crippen LogP contribution is -2.61.